The quantitative estimate of drug-likeness (QED) is 0.524. The summed E-state index contributed by atoms with van der Waals surface area (Å²) in [4.78, 5) is 0. The molecule has 0 aliphatic heterocycles. The van der Waals surface area contributed by atoms with Crippen LogP contribution in [0.3, 0.4) is 0 Å². The zero-order chi connectivity index (χ0) is 16.5. The molecule has 0 fully saturated rings. The average molecular weight is 312 g/mol. The lowest BCUT2D eigenvalue weighted by molar-refractivity contribution is 0.226. The fourth-order valence-electron chi connectivity index (χ4n) is 6.08. The van der Waals surface area contributed by atoms with Crippen molar-refractivity contribution < 1.29 is 0 Å². The molecule has 0 amide bonds. The molecular weight excluding hydrogens is 287 g/mol. The van der Waals surface area contributed by atoms with Gasteiger partial charge < -0.3 is 0 Å². The minimum atomic E-state index is 0.231. The Labute approximate surface area is 147 Å². The van der Waals surface area contributed by atoms with Gasteiger partial charge in [-0.3, -0.25) is 0 Å². The highest BCUT2D eigenvalue weighted by Gasteiger charge is 2.53. The van der Waals surface area contributed by atoms with Crippen LogP contribution in [-0.4, -0.2) is 7.85 Å². The van der Waals surface area contributed by atoms with Crippen molar-refractivity contribution in [2.75, 3.05) is 0 Å². The van der Waals surface area contributed by atoms with Crippen LogP contribution in [0.5, 0.6) is 0 Å². The lowest BCUT2D eigenvalue weighted by Gasteiger charge is -2.40. The first-order valence-electron chi connectivity index (χ1n) is 9.54. The molecule has 1 heteroatoms. The zero-order valence-corrected chi connectivity index (χ0v) is 14.8. The molecule has 4 atom stereocenters. The van der Waals surface area contributed by atoms with Crippen LogP contribution in [0.15, 0.2) is 70.3 Å². The number of fused-ring (bicyclic) bond motifs is 5. The molecule has 5 aliphatic carbocycles. The average Bonchev–Trinajstić information content (AvgIpc) is 2.83. The summed E-state index contributed by atoms with van der Waals surface area (Å²) in [6, 6.07) is 0. The van der Waals surface area contributed by atoms with Crippen molar-refractivity contribution in [3.05, 3.63) is 70.3 Å². The summed E-state index contributed by atoms with van der Waals surface area (Å²) < 4.78 is 0. The highest BCUT2D eigenvalue weighted by atomic mass is 14.6. The Morgan fingerprint density at radius 3 is 2.71 bits per heavy atom. The van der Waals surface area contributed by atoms with Crippen molar-refractivity contribution in [2.24, 2.45) is 29.1 Å². The SMILES string of the molecule is [B]C1=CC2=C(C3C=CC=CC13)C1C3=C(CCC=C3)CCC1C2(C)C. The van der Waals surface area contributed by atoms with E-state index in [-0.39, 0.29) is 5.41 Å². The van der Waals surface area contributed by atoms with E-state index in [0.29, 0.717) is 17.8 Å². The minimum Gasteiger partial charge on any atom is -0.110 e. The van der Waals surface area contributed by atoms with Gasteiger partial charge in [-0.25, -0.2) is 0 Å². The van der Waals surface area contributed by atoms with Gasteiger partial charge in [-0.2, -0.15) is 0 Å². The number of rotatable bonds is 0. The molecule has 5 rings (SSSR count). The van der Waals surface area contributed by atoms with E-state index in [1.807, 2.05) is 0 Å². The zero-order valence-electron chi connectivity index (χ0n) is 14.8. The molecule has 0 saturated heterocycles. The van der Waals surface area contributed by atoms with E-state index < -0.39 is 0 Å². The molecule has 4 unspecified atom stereocenters. The van der Waals surface area contributed by atoms with Gasteiger partial charge in [-0.1, -0.05) is 67.5 Å². The third kappa shape index (κ3) is 1.82. The van der Waals surface area contributed by atoms with Crippen LogP contribution in [0.4, 0.5) is 0 Å². The Morgan fingerprint density at radius 1 is 1.08 bits per heavy atom. The van der Waals surface area contributed by atoms with Crippen molar-refractivity contribution in [1.82, 2.24) is 0 Å². The highest BCUT2D eigenvalue weighted by molar-refractivity contribution is 6.22. The van der Waals surface area contributed by atoms with Crippen LogP contribution in [-0.2, 0) is 0 Å². The Balaban J connectivity index is 1.72. The van der Waals surface area contributed by atoms with Crippen LogP contribution in [0.25, 0.3) is 0 Å². The maximum atomic E-state index is 6.50. The molecular formula is C23H25B. The standard InChI is InChI=1S/C23H25B/c1-23(2)18-12-11-14-7-3-4-8-15(14)21(18)22-17-10-6-5-9-16(17)20(24)13-19(22)23/h4-6,8-10,13,16-18,21H,3,7,11-12H2,1-2H3. The molecule has 2 radical (unpaired) electrons. The smallest absolute Gasteiger partial charge is 0.108 e. The Morgan fingerprint density at radius 2 is 1.88 bits per heavy atom. The predicted octanol–water partition coefficient (Wildman–Crippen LogP) is 5.42. The Bertz CT molecular complexity index is 781. The second-order valence-electron chi connectivity index (χ2n) is 8.68. The van der Waals surface area contributed by atoms with Gasteiger partial charge in [0.25, 0.3) is 0 Å². The number of hydrogen-bond acceptors (Lipinski definition) is 0. The molecule has 120 valence electrons. The van der Waals surface area contributed by atoms with E-state index in [2.05, 4.69) is 56.4 Å². The maximum Gasteiger partial charge on any atom is 0.108 e. The fourth-order valence-corrected chi connectivity index (χ4v) is 6.08. The third-order valence-corrected chi connectivity index (χ3v) is 7.27. The van der Waals surface area contributed by atoms with E-state index in [4.69, 9.17) is 7.85 Å². The number of allylic oxidation sites excluding steroid dienone is 12. The fraction of sp³-hybridized carbons (Fsp3) is 0.478. The third-order valence-electron chi connectivity index (χ3n) is 7.27. The molecule has 0 N–H and O–H groups in total. The Kier molecular flexibility index (Phi) is 3.09. The maximum absolute atomic E-state index is 6.50. The summed E-state index contributed by atoms with van der Waals surface area (Å²) in [5, 5.41) is 0. The van der Waals surface area contributed by atoms with Crippen LogP contribution < -0.4 is 0 Å². The summed E-state index contributed by atoms with van der Waals surface area (Å²) in [6.45, 7) is 4.91. The van der Waals surface area contributed by atoms with E-state index in [0.717, 1.165) is 11.4 Å². The molecule has 0 heterocycles. The van der Waals surface area contributed by atoms with Gasteiger partial charge >= 0.3 is 0 Å². The van der Waals surface area contributed by atoms with E-state index >= 15 is 0 Å². The molecule has 0 aromatic heterocycles. The van der Waals surface area contributed by atoms with Crippen molar-refractivity contribution in [1.29, 1.82) is 0 Å². The van der Waals surface area contributed by atoms with Crippen LogP contribution in [0, 0.1) is 29.1 Å². The summed E-state index contributed by atoms with van der Waals surface area (Å²) in [5.41, 5.74) is 7.91. The Hall–Kier alpha value is -1.50. The van der Waals surface area contributed by atoms with E-state index in [1.54, 1.807) is 22.3 Å². The molecule has 5 aliphatic rings. The molecule has 24 heavy (non-hydrogen) atoms. The van der Waals surface area contributed by atoms with Gasteiger partial charge in [-0.15, -0.1) is 5.47 Å². The van der Waals surface area contributed by atoms with Gasteiger partial charge in [0.05, 0.1) is 0 Å². The minimum absolute atomic E-state index is 0.231. The molecule has 0 bridgehead atoms. The molecule has 0 aromatic rings. The molecule has 0 aromatic carbocycles. The molecule has 0 spiro atoms. The van der Waals surface area contributed by atoms with E-state index in [9.17, 15) is 0 Å². The molecule has 0 nitrogen and oxygen atoms in total. The first-order chi connectivity index (χ1) is 11.6. The second kappa shape index (κ2) is 5.00. The first-order valence-corrected chi connectivity index (χ1v) is 9.54. The topological polar surface area (TPSA) is 0 Å². The highest BCUT2D eigenvalue weighted by Crippen LogP contribution is 2.63. The van der Waals surface area contributed by atoms with Crippen LogP contribution in [0.2, 0.25) is 0 Å². The predicted molar refractivity (Wildman–Crippen MR) is 102 cm³/mol. The van der Waals surface area contributed by atoms with Gasteiger partial charge in [0.15, 0.2) is 0 Å². The van der Waals surface area contributed by atoms with Crippen LogP contribution >= 0.6 is 0 Å². The van der Waals surface area contributed by atoms with Crippen molar-refractivity contribution in [3.63, 3.8) is 0 Å². The monoisotopic (exact) mass is 312 g/mol. The lowest BCUT2D eigenvalue weighted by atomic mass is 9.63. The summed E-state index contributed by atoms with van der Waals surface area (Å²) >= 11 is 0. The lowest BCUT2D eigenvalue weighted by Crippen LogP contribution is -2.31. The molecule has 0 saturated carbocycles. The number of hydrogen-bond donors (Lipinski definition) is 0. The summed E-state index contributed by atoms with van der Waals surface area (Å²) in [5.74, 6) is 2.17. The second-order valence-corrected chi connectivity index (χ2v) is 8.68. The van der Waals surface area contributed by atoms with Crippen molar-refractivity contribution in [2.45, 2.75) is 39.5 Å². The van der Waals surface area contributed by atoms with E-state index in [1.165, 1.54) is 25.7 Å². The van der Waals surface area contributed by atoms with Gasteiger partial charge in [0.1, 0.15) is 7.85 Å². The van der Waals surface area contributed by atoms with Gasteiger partial charge in [0, 0.05) is 11.8 Å². The summed E-state index contributed by atoms with van der Waals surface area (Å²) in [7, 11) is 6.50. The first kappa shape index (κ1) is 14.8. The van der Waals surface area contributed by atoms with Gasteiger partial charge in [0.2, 0.25) is 0 Å². The summed E-state index contributed by atoms with van der Waals surface area (Å²) in [6.07, 6.45) is 21.4. The van der Waals surface area contributed by atoms with Crippen LogP contribution in [0.1, 0.15) is 39.5 Å². The van der Waals surface area contributed by atoms with Crippen molar-refractivity contribution >= 4 is 7.85 Å². The largest absolute Gasteiger partial charge is 0.110 e. The van der Waals surface area contributed by atoms with Gasteiger partial charge in [-0.05, 0) is 54.1 Å². The normalized spacial score (nSPS) is 38.5. The van der Waals surface area contributed by atoms with Crippen molar-refractivity contribution in [3.8, 4) is 0 Å².